The molecule has 1 amide bonds. The number of nitrogens with two attached hydrogens (primary N) is 1. The zero-order chi connectivity index (χ0) is 22.2. The number of halogens is 3. The van der Waals surface area contributed by atoms with Crippen LogP contribution in [-0.2, 0) is 15.0 Å². The number of anilines is 1. The van der Waals surface area contributed by atoms with E-state index in [2.05, 4.69) is 25.1 Å². The number of amides is 1. The number of thiazole rings is 1. The van der Waals surface area contributed by atoms with Gasteiger partial charge >= 0.3 is 6.18 Å². The van der Waals surface area contributed by atoms with Crippen molar-refractivity contribution in [3.8, 4) is 0 Å². The van der Waals surface area contributed by atoms with Crippen molar-refractivity contribution in [3.63, 3.8) is 0 Å². The highest BCUT2D eigenvalue weighted by molar-refractivity contribution is 7.10. The van der Waals surface area contributed by atoms with E-state index in [9.17, 15) is 18.0 Å². The Morgan fingerprint density at radius 3 is 2.90 bits per heavy atom. The highest BCUT2D eigenvalue weighted by Gasteiger charge is 2.56. The Hall–Kier alpha value is -3.24. The Morgan fingerprint density at radius 2 is 2.23 bits per heavy atom. The molecule has 0 bridgehead atoms. The lowest BCUT2D eigenvalue weighted by Gasteiger charge is -2.44. The average molecular weight is 452 g/mol. The Kier molecular flexibility index (Phi) is 5.28. The van der Waals surface area contributed by atoms with E-state index in [0.29, 0.717) is 10.7 Å². The monoisotopic (exact) mass is 452 g/mol. The van der Waals surface area contributed by atoms with Crippen LogP contribution in [0.3, 0.4) is 0 Å². The third-order valence-corrected chi connectivity index (χ3v) is 6.02. The Morgan fingerprint density at radius 1 is 1.42 bits per heavy atom. The molecule has 0 aromatic carbocycles. The van der Waals surface area contributed by atoms with Crippen molar-refractivity contribution >= 4 is 34.8 Å². The molecule has 3 N–H and O–H groups in total. The van der Waals surface area contributed by atoms with Gasteiger partial charge < -0.3 is 20.5 Å². The number of hydrogen-bond donors (Lipinski definition) is 2. The Bertz CT molecular complexity index is 1060. The number of ether oxygens (including phenoxy) is 2. The van der Waals surface area contributed by atoms with E-state index in [1.807, 2.05) is 0 Å². The first-order valence-corrected chi connectivity index (χ1v) is 9.86. The molecule has 0 radical (unpaired) electrons. The molecule has 4 rings (SSSR count). The molecular weight excluding hydrogens is 437 g/mol. The molecular formula is C18H15F3N6O3S. The zero-order valence-electron chi connectivity index (χ0n) is 15.7. The first-order valence-electron chi connectivity index (χ1n) is 8.98. The number of aromatic nitrogens is 2. The number of pyridine rings is 1. The van der Waals surface area contributed by atoms with Crippen LogP contribution in [-0.4, -0.2) is 47.4 Å². The molecule has 0 spiro atoms. The number of carbonyl (C=O) groups excluding carboxylic acids is 1. The number of amidine groups is 1. The van der Waals surface area contributed by atoms with Gasteiger partial charge in [0.15, 0.2) is 6.10 Å². The molecule has 13 heteroatoms. The van der Waals surface area contributed by atoms with Crippen LogP contribution in [0, 0.1) is 12.5 Å². The summed E-state index contributed by atoms with van der Waals surface area (Å²) in [6, 6.07) is 2.71. The molecule has 3 atom stereocenters. The van der Waals surface area contributed by atoms with Crippen molar-refractivity contribution < 1.29 is 27.4 Å². The molecule has 0 aliphatic carbocycles. The highest BCUT2D eigenvalue weighted by Crippen LogP contribution is 2.47. The molecule has 9 nitrogen and oxygen atoms in total. The van der Waals surface area contributed by atoms with E-state index in [1.54, 1.807) is 5.38 Å². The molecule has 0 saturated carbocycles. The average Bonchev–Trinajstić information content (AvgIpc) is 3.21. The fraction of sp³-hybridized carbons (Fsp3) is 0.389. The summed E-state index contributed by atoms with van der Waals surface area (Å²) in [5.41, 5.74) is 4.85. The van der Waals surface area contributed by atoms with Crippen molar-refractivity contribution in [2.24, 2.45) is 16.6 Å². The lowest BCUT2D eigenvalue weighted by Crippen LogP contribution is -2.54. The van der Waals surface area contributed by atoms with E-state index in [1.165, 1.54) is 18.3 Å². The van der Waals surface area contributed by atoms with E-state index in [-0.39, 0.29) is 37.2 Å². The number of nitrogens with zero attached hydrogens (tertiary/aromatic N) is 4. The lowest BCUT2D eigenvalue weighted by atomic mass is 9.79. The maximum atomic E-state index is 13.2. The van der Waals surface area contributed by atoms with E-state index >= 15 is 0 Å². The number of nitrogens with one attached hydrogen (secondary N) is 1. The summed E-state index contributed by atoms with van der Waals surface area (Å²) >= 11 is 1.12. The second-order valence-corrected chi connectivity index (χ2v) is 7.82. The van der Waals surface area contributed by atoms with E-state index in [0.717, 1.165) is 11.3 Å². The van der Waals surface area contributed by atoms with Gasteiger partial charge in [-0.3, -0.25) is 9.78 Å². The number of alkyl halides is 3. The molecule has 1 saturated heterocycles. The standard InChI is InChI=1S/C18H15F3N6O3S/c1-23-10-2-3-11(24-5-10)14(28)25-13-7-31-15(26-13)17-8-30-12(18(19,20)21)4-9(17)6-29-16(22)27-17/h2-3,5,7,9,12H,4,6,8H2,(H2,22,27)(H,25,28)/t9-,12+,17-/m0/s1. The van der Waals surface area contributed by atoms with Gasteiger partial charge in [-0.1, -0.05) is 6.07 Å². The van der Waals surface area contributed by atoms with Crippen molar-refractivity contribution in [3.05, 3.63) is 45.8 Å². The fourth-order valence-corrected chi connectivity index (χ4v) is 4.38. The van der Waals surface area contributed by atoms with Crippen LogP contribution in [0.1, 0.15) is 21.9 Å². The van der Waals surface area contributed by atoms with Crippen LogP contribution in [0.15, 0.2) is 28.7 Å². The lowest BCUT2D eigenvalue weighted by molar-refractivity contribution is -0.249. The van der Waals surface area contributed by atoms with Gasteiger partial charge in [0.2, 0.25) is 5.69 Å². The molecule has 2 aliphatic rings. The molecule has 31 heavy (non-hydrogen) atoms. The maximum absolute atomic E-state index is 13.2. The number of hydrogen-bond acceptors (Lipinski definition) is 8. The second kappa shape index (κ2) is 7.78. The first-order chi connectivity index (χ1) is 14.7. The summed E-state index contributed by atoms with van der Waals surface area (Å²) in [4.78, 5) is 28.1. The summed E-state index contributed by atoms with van der Waals surface area (Å²) in [7, 11) is 0. The van der Waals surface area contributed by atoms with Crippen LogP contribution in [0.4, 0.5) is 24.7 Å². The highest BCUT2D eigenvalue weighted by atomic mass is 32.1. The summed E-state index contributed by atoms with van der Waals surface area (Å²) in [5.74, 6) is -1.01. The van der Waals surface area contributed by atoms with Gasteiger partial charge in [-0.25, -0.2) is 14.8 Å². The van der Waals surface area contributed by atoms with Crippen LogP contribution in [0.5, 0.6) is 0 Å². The SMILES string of the molecule is [C-]#[N+]c1ccc(C(=O)Nc2csc([C@]34CO[C@@H](C(F)(F)F)C[C@H]3COC(N)=N4)n2)nc1. The third kappa shape index (κ3) is 4.04. The van der Waals surface area contributed by atoms with Gasteiger partial charge in [0.1, 0.15) is 22.1 Å². The molecule has 2 aliphatic heterocycles. The molecule has 0 unspecified atom stereocenters. The van der Waals surface area contributed by atoms with Gasteiger partial charge in [0, 0.05) is 17.5 Å². The first kappa shape index (κ1) is 21.0. The van der Waals surface area contributed by atoms with Crippen molar-refractivity contribution in [1.29, 1.82) is 0 Å². The summed E-state index contributed by atoms with van der Waals surface area (Å²) in [5, 5.41) is 4.48. The third-order valence-electron chi connectivity index (χ3n) is 5.01. The van der Waals surface area contributed by atoms with Crippen molar-refractivity contribution in [1.82, 2.24) is 9.97 Å². The predicted octanol–water partition coefficient (Wildman–Crippen LogP) is 2.85. The smallest absolute Gasteiger partial charge is 0.414 e. The van der Waals surface area contributed by atoms with E-state index < -0.39 is 29.6 Å². The molecule has 162 valence electrons. The second-order valence-electron chi connectivity index (χ2n) is 6.96. The minimum absolute atomic E-state index is 0.0517. The topological polar surface area (TPSA) is 116 Å². The van der Waals surface area contributed by atoms with Gasteiger partial charge in [0.25, 0.3) is 11.9 Å². The van der Waals surface area contributed by atoms with Gasteiger partial charge in [-0.05, 0) is 12.5 Å². The number of aliphatic imine (C=N–C) groups is 1. The number of rotatable bonds is 3. The molecule has 4 heterocycles. The predicted molar refractivity (Wildman–Crippen MR) is 104 cm³/mol. The van der Waals surface area contributed by atoms with Crippen LogP contribution in [0.25, 0.3) is 4.85 Å². The zero-order valence-corrected chi connectivity index (χ0v) is 16.5. The molecule has 2 aromatic rings. The number of fused-ring (bicyclic) bond motifs is 1. The quantitative estimate of drug-likeness (QED) is 0.692. The summed E-state index contributed by atoms with van der Waals surface area (Å²) < 4.78 is 49.7. The molecule has 2 aromatic heterocycles. The Labute approximate surface area is 177 Å². The maximum Gasteiger partial charge on any atom is 0.414 e. The minimum Gasteiger partial charge on any atom is -0.465 e. The van der Waals surface area contributed by atoms with Crippen LogP contribution in [0.2, 0.25) is 0 Å². The normalized spacial score (nSPS) is 25.5. The van der Waals surface area contributed by atoms with Gasteiger partial charge in [0.05, 0.1) is 19.8 Å². The largest absolute Gasteiger partial charge is 0.465 e. The van der Waals surface area contributed by atoms with Gasteiger partial charge in [-0.15, -0.1) is 11.3 Å². The Balaban J connectivity index is 1.57. The van der Waals surface area contributed by atoms with Crippen molar-refractivity contribution in [2.75, 3.05) is 18.5 Å². The summed E-state index contributed by atoms with van der Waals surface area (Å²) in [6.07, 6.45) is -5.50. The van der Waals surface area contributed by atoms with Crippen LogP contribution < -0.4 is 11.1 Å². The van der Waals surface area contributed by atoms with Crippen LogP contribution >= 0.6 is 11.3 Å². The number of carbonyl (C=O) groups is 1. The van der Waals surface area contributed by atoms with E-state index in [4.69, 9.17) is 21.8 Å². The minimum atomic E-state index is -4.50. The van der Waals surface area contributed by atoms with Gasteiger partial charge in [-0.2, -0.15) is 13.2 Å². The van der Waals surface area contributed by atoms with Crippen molar-refractivity contribution in [2.45, 2.75) is 24.2 Å². The fourth-order valence-electron chi connectivity index (χ4n) is 3.42. The molecule has 1 fully saturated rings. The summed E-state index contributed by atoms with van der Waals surface area (Å²) in [6.45, 7) is 6.49.